The second-order valence-corrected chi connectivity index (χ2v) is 6.84. The number of amides is 2. The Labute approximate surface area is 141 Å². The molecule has 1 heterocycles. The van der Waals surface area contributed by atoms with Gasteiger partial charge in [-0.2, -0.15) is 4.37 Å². The zero-order chi connectivity index (χ0) is 16.8. The Morgan fingerprint density at radius 2 is 1.96 bits per heavy atom. The van der Waals surface area contributed by atoms with Crippen LogP contribution in [0.3, 0.4) is 0 Å². The molecule has 0 aliphatic rings. The molecule has 23 heavy (non-hydrogen) atoms. The molecule has 1 aromatic carbocycles. The third-order valence-corrected chi connectivity index (χ3v) is 4.45. The lowest BCUT2D eigenvalue weighted by Gasteiger charge is -2.29. The highest BCUT2D eigenvalue weighted by Crippen LogP contribution is 2.27. The van der Waals surface area contributed by atoms with Crippen LogP contribution in [0.15, 0.2) is 30.3 Å². The average Bonchev–Trinajstić information content (AvgIpc) is 2.93. The van der Waals surface area contributed by atoms with Gasteiger partial charge < -0.3 is 4.90 Å². The van der Waals surface area contributed by atoms with Crippen LogP contribution in [0.5, 0.6) is 0 Å². The van der Waals surface area contributed by atoms with E-state index in [-0.39, 0.29) is 12.1 Å². The highest BCUT2D eigenvalue weighted by atomic mass is 32.1. The van der Waals surface area contributed by atoms with Gasteiger partial charge in [-0.3, -0.25) is 5.32 Å². The second kappa shape index (κ2) is 8.06. The number of carbonyl (C=O) groups excluding carboxylic acids is 1. The first kappa shape index (κ1) is 17.4. The Kier molecular flexibility index (Phi) is 6.10. The van der Waals surface area contributed by atoms with E-state index in [0.717, 1.165) is 18.4 Å². The first-order chi connectivity index (χ1) is 11.0. The Balaban J connectivity index is 2.11. The molecule has 0 bridgehead atoms. The standard InChI is InChI=1S/C17H24N4OS/c1-12(2)10-11-15(14-8-6-5-7-9-14)21(4)17(22)19-16-18-13(3)20-23-16/h5-9,12,15H,10-11H2,1-4H3,(H,18,19,20,22). The number of anilines is 1. The molecule has 0 aliphatic heterocycles. The minimum absolute atomic E-state index is 0.0487. The molecule has 2 aromatic rings. The number of nitrogens with one attached hydrogen (secondary N) is 1. The highest BCUT2D eigenvalue weighted by molar-refractivity contribution is 7.09. The smallest absolute Gasteiger partial charge is 0.320 e. The number of aromatic nitrogens is 2. The Morgan fingerprint density at radius 1 is 1.26 bits per heavy atom. The lowest BCUT2D eigenvalue weighted by molar-refractivity contribution is 0.198. The monoisotopic (exact) mass is 332 g/mol. The maximum atomic E-state index is 12.5. The molecule has 1 aromatic heterocycles. The zero-order valence-electron chi connectivity index (χ0n) is 14.1. The van der Waals surface area contributed by atoms with Crippen LogP contribution in [0.25, 0.3) is 0 Å². The quantitative estimate of drug-likeness (QED) is 0.848. The van der Waals surface area contributed by atoms with Gasteiger partial charge in [0.1, 0.15) is 5.82 Å². The van der Waals surface area contributed by atoms with Crippen LogP contribution in [0.2, 0.25) is 0 Å². The van der Waals surface area contributed by atoms with Crippen LogP contribution < -0.4 is 5.32 Å². The van der Waals surface area contributed by atoms with Crippen molar-refractivity contribution in [1.29, 1.82) is 0 Å². The number of urea groups is 1. The van der Waals surface area contributed by atoms with E-state index in [9.17, 15) is 4.79 Å². The van der Waals surface area contributed by atoms with E-state index in [4.69, 9.17) is 0 Å². The van der Waals surface area contributed by atoms with E-state index in [1.54, 1.807) is 4.90 Å². The van der Waals surface area contributed by atoms with Crippen molar-refractivity contribution in [3.05, 3.63) is 41.7 Å². The van der Waals surface area contributed by atoms with Gasteiger partial charge in [-0.05, 0) is 31.2 Å². The van der Waals surface area contributed by atoms with Gasteiger partial charge in [-0.15, -0.1) is 0 Å². The molecule has 1 N–H and O–H groups in total. The number of hydrogen-bond donors (Lipinski definition) is 1. The Hall–Kier alpha value is -1.95. The topological polar surface area (TPSA) is 58.1 Å². The largest absolute Gasteiger partial charge is 0.323 e. The molecule has 2 amide bonds. The van der Waals surface area contributed by atoms with Crippen LogP contribution >= 0.6 is 11.5 Å². The van der Waals surface area contributed by atoms with E-state index >= 15 is 0 Å². The second-order valence-electron chi connectivity index (χ2n) is 6.09. The molecule has 6 heteroatoms. The summed E-state index contributed by atoms with van der Waals surface area (Å²) in [5, 5.41) is 3.37. The van der Waals surface area contributed by atoms with E-state index < -0.39 is 0 Å². The molecule has 0 radical (unpaired) electrons. The lowest BCUT2D eigenvalue weighted by atomic mass is 9.97. The van der Waals surface area contributed by atoms with Crippen molar-refractivity contribution in [2.24, 2.45) is 5.92 Å². The molecule has 0 saturated carbocycles. The summed E-state index contributed by atoms with van der Waals surface area (Å²) in [6.07, 6.45) is 2.00. The first-order valence-electron chi connectivity index (χ1n) is 7.86. The molecule has 124 valence electrons. The van der Waals surface area contributed by atoms with Gasteiger partial charge in [0.25, 0.3) is 0 Å². The maximum absolute atomic E-state index is 12.5. The van der Waals surface area contributed by atoms with E-state index in [2.05, 4.69) is 40.7 Å². The van der Waals surface area contributed by atoms with Crippen LogP contribution in [-0.2, 0) is 0 Å². The number of aryl methyl sites for hydroxylation is 1. The Morgan fingerprint density at radius 3 is 2.52 bits per heavy atom. The number of hydrogen-bond acceptors (Lipinski definition) is 4. The average molecular weight is 332 g/mol. The van der Waals surface area contributed by atoms with Crippen molar-refractivity contribution in [3.63, 3.8) is 0 Å². The molecular formula is C17H24N4OS. The van der Waals surface area contributed by atoms with E-state index in [1.807, 2.05) is 32.2 Å². The summed E-state index contributed by atoms with van der Waals surface area (Å²) in [5.41, 5.74) is 1.15. The minimum atomic E-state index is -0.154. The van der Waals surface area contributed by atoms with Crippen LogP contribution in [0, 0.1) is 12.8 Å². The van der Waals surface area contributed by atoms with Crippen molar-refractivity contribution < 1.29 is 4.79 Å². The summed E-state index contributed by atoms with van der Waals surface area (Å²) >= 11 is 1.20. The SMILES string of the molecule is Cc1nsc(NC(=O)N(C)C(CCC(C)C)c2ccccc2)n1. The molecular weight excluding hydrogens is 308 g/mol. The summed E-state index contributed by atoms with van der Waals surface area (Å²) < 4.78 is 4.09. The number of rotatable bonds is 6. The fourth-order valence-electron chi connectivity index (χ4n) is 2.42. The van der Waals surface area contributed by atoms with Gasteiger partial charge in [-0.25, -0.2) is 9.78 Å². The predicted octanol–water partition coefficient (Wildman–Crippen LogP) is 4.49. The molecule has 2 rings (SSSR count). The summed E-state index contributed by atoms with van der Waals surface area (Å²) in [7, 11) is 1.83. The fourth-order valence-corrected chi connectivity index (χ4v) is 2.98. The Bertz CT molecular complexity index is 627. The van der Waals surface area contributed by atoms with Crippen molar-refractivity contribution in [2.75, 3.05) is 12.4 Å². The summed E-state index contributed by atoms with van der Waals surface area (Å²) in [5.74, 6) is 1.27. The fraction of sp³-hybridized carbons (Fsp3) is 0.471. The van der Waals surface area contributed by atoms with Gasteiger partial charge in [0, 0.05) is 18.6 Å². The van der Waals surface area contributed by atoms with Crippen molar-refractivity contribution in [2.45, 2.75) is 39.7 Å². The van der Waals surface area contributed by atoms with E-state index in [1.165, 1.54) is 11.5 Å². The van der Waals surface area contributed by atoms with Gasteiger partial charge in [0.2, 0.25) is 5.13 Å². The van der Waals surface area contributed by atoms with Crippen molar-refractivity contribution in [3.8, 4) is 0 Å². The third-order valence-electron chi connectivity index (χ3n) is 3.73. The minimum Gasteiger partial charge on any atom is -0.320 e. The summed E-state index contributed by atoms with van der Waals surface area (Å²) in [4.78, 5) is 18.5. The lowest BCUT2D eigenvalue weighted by Crippen LogP contribution is -2.35. The summed E-state index contributed by atoms with van der Waals surface area (Å²) in [6.45, 7) is 6.21. The predicted molar refractivity (Wildman–Crippen MR) is 94.7 cm³/mol. The van der Waals surface area contributed by atoms with Crippen molar-refractivity contribution >= 4 is 22.7 Å². The van der Waals surface area contributed by atoms with Gasteiger partial charge in [0.05, 0.1) is 6.04 Å². The van der Waals surface area contributed by atoms with Crippen LogP contribution in [0.1, 0.15) is 44.1 Å². The molecule has 0 saturated heterocycles. The highest BCUT2D eigenvalue weighted by Gasteiger charge is 2.22. The number of nitrogens with zero attached hydrogens (tertiary/aromatic N) is 3. The zero-order valence-corrected chi connectivity index (χ0v) is 14.9. The van der Waals surface area contributed by atoms with Crippen LogP contribution in [0.4, 0.5) is 9.93 Å². The molecule has 1 unspecified atom stereocenters. The third kappa shape index (κ3) is 5.03. The molecule has 0 aliphatic carbocycles. The van der Waals surface area contributed by atoms with Gasteiger partial charge >= 0.3 is 6.03 Å². The number of benzene rings is 1. The van der Waals surface area contributed by atoms with Gasteiger partial charge in [-0.1, -0.05) is 44.2 Å². The van der Waals surface area contributed by atoms with Gasteiger partial charge in [0.15, 0.2) is 0 Å². The van der Waals surface area contributed by atoms with E-state index in [0.29, 0.717) is 16.9 Å². The normalized spacial score (nSPS) is 12.2. The maximum Gasteiger partial charge on any atom is 0.323 e. The first-order valence-corrected chi connectivity index (χ1v) is 8.63. The van der Waals surface area contributed by atoms with Crippen molar-refractivity contribution in [1.82, 2.24) is 14.3 Å². The molecule has 0 fully saturated rings. The number of carbonyl (C=O) groups is 1. The summed E-state index contributed by atoms with van der Waals surface area (Å²) in [6, 6.07) is 10.1. The van der Waals surface area contributed by atoms with Crippen LogP contribution in [-0.4, -0.2) is 27.3 Å². The molecule has 1 atom stereocenters. The molecule has 5 nitrogen and oxygen atoms in total. The molecule has 0 spiro atoms.